The molecule has 1 aromatic rings. The maximum absolute atomic E-state index is 11.6. The van der Waals surface area contributed by atoms with Gasteiger partial charge in [-0.15, -0.1) is 0 Å². The van der Waals surface area contributed by atoms with Crippen LogP contribution in [0.15, 0.2) is 18.3 Å². The van der Waals surface area contributed by atoms with Gasteiger partial charge in [-0.1, -0.05) is 0 Å². The average molecular weight is 268 g/mol. The summed E-state index contributed by atoms with van der Waals surface area (Å²) in [5, 5.41) is 12.4. The summed E-state index contributed by atoms with van der Waals surface area (Å²) in [4.78, 5) is 15.7. The lowest BCUT2D eigenvalue weighted by Gasteiger charge is -2.16. The molecule has 1 aromatic heterocycles. The van der Waals surface area contributed by atoms with Crippen LogP contribution in [0.4, 0.5) is 0 Å². The van der Waals surface area contributed by atoms with Crippen molar-refractivity contribution in [2.45, 2.75) is 19.0 Å². The highest BCUT2D eigenvalue weighted by Crippen LogP contribution is 2.07. The van der Waals surface area contributed by atoms with E-state index in [0.717, 1.165) is 0 Å². The lowest BCUT2D eigenvalue weighted by molar-refractivity contribution is 0.0598. The van der Waals surface area contributed by atoms with Crippen molar-refractivity contribution in [3.63, 3.8) is 0 Å². The summed E-state index contributed by atoms with van der Waals surface area (Å²) in [6.45, 7) is 0.953. The Balaban J connectivity index is 2.63. The molecule has 0 aliphatic rings. The van der Waals surface area contributed by atoms with Gasteiger partial charge in [-0.25, -0.2) is 4.79 Å². The number of carbonyl (C=O) groups excluding carboxylic acids is 1. The number of aliphatic hydroxyl groups excluding tert-OH is 1. The molecular formula is C13H20N2O4. The topological polar surface area (TPSA) is 80.7 Å². The van der Waals surface area contributed by atoms with Gasteiger partial charge >= 0.3 is 5.97 Å². The Morgan fingerprint density at radius 1 is 1.53 bits per heavy atom. The Kier molecular flexibility index (Phi) is 7.02. The maximum atomic E-state index is 11.6. The van der Waals surface area contributed by atoms with Crippen LogP contribution in [0.5, 0.6) is 0 Å². The fraction of sp³-hybridized carbons (Fsp3) is 0.538. The van der Waals surface area contributed by atoms with E-state index in [1.54, 1.807) is 25.4 Å². The summed E-state index contributed by atoms with van der Waals surface area (Å²) in [7, 11) is 2.95. The van der Waals surface area contributed by atoms with Crippen LogP contribution in [-0.4, -0.2) is 49.5 Å². The van der Waals surface area contributed by atoms with Crippen LogP contribution in [0.25, 0.3) is 0 Å². The fourth-order valence-electron chi connectivity index (χ4n) is 1.63. The second kappa shape index (κ2) is 8.58. The van der Waals surface area contributed by atoms with Crippen LogP contribution in [0.1, 0.15) is 22.5 Å². The van der Waals surface area contributed by atoms with Gasteiger partial charge in [-0.3, -0.25) is 4.98 Å². The predicted octanol–water partition coefficient (Wildman–Crippen LogP) is 0.355. The number of methoxy groups -OCH3 is 2. The molecule has 0 amide bonds. The molecule has 106 valence electrons. The molecule has 2 N–H and O–H groups in total. The van der Waals surface area contributed by atoms with Gasteiger partial charge in [0.1, 0.15) is 0 Å². The molecule has 0 aliphatic carbocycles. The Bertz CT molecular complexity index is 398. The number of carbonyl (C=O) groups is 1. The lowest BCUT2D eigenvalue weighted by Crippen LogP contribution is -2.33. The zero-order valence-electron chi connectivity index (χ0n) is 11.3. The number of hydrogen-bond acceptors (Lipinski definition) is 6. The first kappa shape index (κ1) is 15.6. The SMILES string of the molecule is COCCC(CO)NCc1ncccc1C(=O)OC. The zero-order valence-corrected chi connectivity index (χ0v) is 11.3. The minimum Gasteiger partial charge on any atom is -0.465 e. The van der Waals surface area contributed by atoms with Crippen molar-refractivity contribution in [1.82, 2.24) is 10.3 Å². The molecule has 0 aliphatic heterocycles. The van der Waals surface area contributed by atoms with Crippen LogP contribution in [0.3, 0.4) is 0 Å². The maximum Gasteiger partial charge on any atom is 0.339 e. The third-order valence-corrected chi connectivity index (χ3v) is 2.74. The molecule has 1 heterocycles. The number of nitrogens with one attached hydrogen (secondary N) is 1. The van der Waals surface area contributed by atoms with Crippen molar-refractivity contribution in [3.8, 4) is 0 Å². The van der Waals surface area contributed by atoms with Crippen molar-refractivity contribution in [2.24, 2.45) is 0 Å². The van der Waals surface area contributed by atoms with E-state index in [9.17, 15) is 9.90 Å². The second-order valence-electron chi connectivity index (χ2n) is 4.03. The van der Waals surface area contributed by atoms with Crippen LogP contribution in [-0.2, 0) is 16.0 Å². The van der Waals surface area contributed by atoms with Crippen molar-refractivity contribution < 1.29 is 19.4 Å². The van der Waals surface area contributed by atoms with Crippen molar-refractivity contribution >= 4 is 5.97 Å². The summed E-state index contributed by atoms with van der Waals surface area (Å²) in [5.41, 5.74) is 1.03. The number of pyridine rings is 1. The van der Waals surface area contributed by atoms with Crippen molar-refractivity contribution in [1.29, 1.82) is 0 Å². The van der Waals surface area contributed by atoms with Crippen molar-refractivity contribution in [3.05, 3.63) is 29.6 Å². The Hall–Kier alpha value is -1.50. The van der Waals surface area contributed by atoms with Crippen molar-refractivity contribution in [2.75, 3.05) is 27.4 Å². The third kappa shape index (κ3) is 4.94. The Morgan fingerprint density at radius 3 is 2.95 bits per heavy atom. The summed E-state index contributed by atoms with van der Waals surface area (Å²) in [6.07, 6.45) is 2.31. The molecule has 1 unspecified atom stereocenters. The molecule has 0 fully saturated rings. The van der Waals surface area contributed by atoms with E-state index >= 15 is 0 Å². The van der Waals surface area contributed by atoms with E-state index < -0.39 is 5.97 Å². The molecule has 1 atom stereocenters. The van der Waals surface area contributed by atoms with Crippen LogP contribution in [0.2, 0.25) is 0 Å². The van der Waals surface area contributed by atoms with Crippen LogP contribution >= 0.6 is 0 Å². The van der Waals surface area contributed by atoms with Gasteiger partial charge in [-0.05, 0) is 18.6 Å². The van der Waals surface area contributed by atoms with Gasteiger partial charge in [0.15, 0.2) is 0 Å². The first-order valence-corrected chi connectivity index (χ1v) is 6.08. The summed E-state index contributed by atoms with van der Waals surface area (Å²) < 4.78 is 9.66. The van der Waals surface area contributed by atoms with E-state index in [4.69, 9.17) is 9.47 Å². The van der Waals surface area contributed by atoms with E-state index in [-0.39, 0.29) is 12.6 Å². The Labute approximate surface area is 112 Å². The minimum atomic E-state index is -0.415. The number of hydrogen-bond donors (Lipinski definition) is 2. The van der Waals surface area contributed by atoms with Gasteiger partial charge < -0.3 is 19.9 Å². The molecule has 0 radical (unpaired) electrons. The molecule has 6 heteroatoms. The minimum absolute atomic E-state index is 0.00372. The van der Waals surface area contributed by atoms with E-state index in [1.807, 2.05) is 0 Å². The molecule has 0 saturated carbocycles. The number of esters is 1. The number of aromatic nitrogens is 1. The van der Waals surface area contributed by atoms with Crippen LogP contribution < -0.4 is 5.32 Å². The van der Waals surface area contributed by atoms with Gasteiger partial charge in [0.05, 0.1) is 25.0 Å². The van der Waals surface area contributed by atoms with Gasteiger partial charge in [-0.2, -0.15) is 0 Å². The monoisotopic (exact) mass is 268 g/mol. The van der Waals surface area contributed by atoms with E-state index in [0.29, 0.717) is 30.8 Å². The highest BCUT2D eigenvalue weighted by Gasteiger charge is 2.14. The standard InChI is InChI=1S/C13H20N2O4/c1-18-7-5-10(9-16)15-8-12-11(13(17)19-2)4-3-6-14-12/h3-4,6,10,15-16H,5,7-9H2,1-2H3. The quantitative estimate of drug-likeness (QED) is 0.662. The molecule has 1 rings (SSSR count). The number of aliphatic hydroxyl groups is 1. The molecular weight excluding hydrogens is 248 g/mol. The van der Waals surface area contributed by atoms with Gasteiger partial charge in [0.25, 0.3) is 0 Å². The first-order valence-electron chi connectivity index (χ1n) is 6.08. The predicted molar refractivity (Wildman–Crippen MR) is 69.8 cm³/mol. The highest BCUT2D eigenvalue weighted by molar-refractivity contribution is 5.90. The molecule has 0 bridgehead atoms. The molecule has 0 saturated heterocycles. The lowest BCUT2D eigenvalue weighted by atomic mass is 10.1. The molecule has 0 aromatic carbocycles. The third-order valence-electron chi connectivity index (χ3n) is 2.74. The van der Waals surface area contributed by atoms with E-state index in [2.05, 4.69) is 10.3 Å². The molecule has 6 nitrogen and oxygen atoms in total. The zero-order chi connectivity index (χ0) is 14.1. The molecule has 0 spiro atoms. The largest absolute Gasteiger partial charge is 0.465 e. The summed E-state index contributed by atoms with van der Waals surface area (Å²) >= 11 is 0. The molecule has 19 heavy (non-hydrogen) atoms. The first-order chi connectivity index (χ1) is 9.22. The Morgan fingerprint density at radius 2 is 2.32 bits per heavy atom. The average Bonchev–Trinajstić information content (AvgIpc) is 2.47. The number of ether oxygens (including phenoxy) is 2. The van der Waals surface area contributed by atoms with Crippen LogP contribution in [0, 0.1) is 0 Å². The van der Waals surface area contributed by atoms with Gasteiger partial charge in [0.2, 0.25) is 0 Å². The number of nitrogens with zero attached hydrogens (tertiary/aromatic N) is 1. The number of rotatable bonds is 8. The van der Waals surface area contributed by atoms with E-state index in [1.165, 1.54) is 7.11 Å². The fourth-order valence-corrected chi connectivity index (χ4v) is 1.63. The summed E-state index contributed by atoms with van der Waals surface area (Å²) in [6, 6.07) is 3.26. The summed E-state index contributed by atoms with van der Waals surface area (Å²) in [5.74, 6) is -0.415. The van der Waals surface area contributed by atoms with Gasteiger partial charge in [0, 0.05) is 32.5 Å². The second-order valence-corrected chi connectivity index (χ2v) is 4.03. The normalized spacial score (nSPS) is 12.2. The highest BCUT2D eigenvalue weighted by atomic mass is 16.5. The smallest absolute Gasteiger partial charge is 0.339 e.